The molecule has 34 heavy (non-hydrogen) atoms. The largest absolute Gasteiger partial charge is 0.497 e. The number of aryl methyl sites for hydroxylation is 1. The normalized spacial score (nSPS) is 15.1. The molecule has 0 N–H and O–H groups in total. The van der Waals surface area contributed by atoms with Crippen LogP contribution >= 0.6 is 0 Å². The average Bonchev–Trinajstić information content (AvgIpc) is 3.32. The van der Waals surface area contributed by atoms with Crippen molar-refractivity contribution in [1.82, 2.24) is 9.47 Å². The molecule has 1 aliphatic rings. The zero-order chi connectivity index (χ0) is 23.8. The number of para-hydroxylation sites is 1. The first-order chi connectivity index (χ1) is 16.6. The second-order valence-electron chi connectivity index (χ2n) is 8.75. The molecule has 2 heterocycles. The third-order valence-electron chi connectivity index (χ3n) is 6.89. The molecule has 1 aliphatic heterocycles. The molecule has 0 spiro atoms. The Morgan fingerprint density at radius 1 is 0.912 bits per heavy atom. The Labute approximate surface area is 200 Å². The van der Waals surface area contributed by atoms with Crippen molar-refractivity contribution in [3.8, 4) is 22.8 Å². The van der Waals surface area contributed by atoms with Gasteiger partial charge in [-0.25, -0.2) is 0 Å². The Morgan fingerprint density at radius 2 is 1.68 bits per heavy atom. The number of nitrogens with zero attached hydrogens (tertiary/aromatic N) is 2. The monoisotopic (exact) mass is 454 g/mol. The lowest BCUT2D eigenvalue weighted by molar-refractivity contribution is 0.0748. The van der Waals surface area contributed by atoms with Crippen LogP contribution in [0, 0.1) is 0 Å². The highest BCUT2D eigenvalue weighted by Gasteiger charge is 2.40. The van der Waals surface area contributed by atoms with Crippen LogP contribution in [0.4, 0.5) is 0 Å². The molecule has 1 amide bonds. The van der Waals surface area contributed by atoms with E-state index < -0.39 is 0 Å². The lowest BCUT2D eigenvalue weighted by atomic mass is 9.92. The highest BCUT2D eigenvalue weighted by Crippen LogP contribution is 2.48. The summed E-state index contributed by atoms with van der Waals surface area (Å²) in [4.78, 5) is 15.6. The number of carbonyl (C=O) groups excluding carboxylic acids is 1. The van der Waals surface area contributed by atoms with Gasteiger partial charge in [0.15, 0.2) is 0 Å². The van der Waals surface area contributed by atoms with Gasteiger partial charge in [0.2, 0.25) is 0 Å². The summed E-state index contributed by atoms with van der Waals surface area (Å²) in [5.41, 5.74) is 6.07. The maximum absolute atomic E-state index is 13.6. The molecule has 0 radical (unpaired) electrons. The summed E-state index contributed by atoms with van der Waals surface area (Å²) in [6.07, 6.45) is 1.98. The first-order valence-electron chi connectivity index (χ1n) is 11.8. The van der Waals surface area contributed by atoms with Gasteiger partial charge in [-0.3, -0.25) is 4.79 Å². The topological polar surface area (TPSA) is 43.7 Å². The fourth-order valence-electron chi connectivity index (χ4n) is 5.26. The SMILES string of the molecule is CCCCN1C(=O)c2ccccc2C1c1c(-c2cc(OC)ccc2OC)n(C)c2ccccc12. The van der Waals surface area contributed by atoms with Crippen molar-refractivity contribution in [2.24, 2.45) is 7.05 Å². The number of carbonyl (C=O) groups is 1. The molecule has 0 bridgehead atoms. The van der Waals surface area contributed by atoms with Crippen molar-refractivity contribution >= 4 is 16.8 Å². The Hall–Kier alpha value is -3.73. The number of amides is 1. The summed E-state index contributed by atoms with van der Waals surface area (Å²) in [7, 11) is 5.45. The molecule has 3 aromatic carbocycles. The fourth-order valence-corrected chi connectivity index (χ4v) is 5.26. The summed E-state index contributed by atoms with van der Waals surface area (Å²) in [6, 6.07) is 22.1. The van der Waals surface area contributed by atoms with E-state index in [4.69, 9.17) is 9.47 Å². The third kappa shape index (κ3) is 3.35. The number of benzene rings is 3. The number of hydrogen-bond acceptors (Lipinski definition) is 3. The summed E-state index contributed by atoms with van der Waals surface area (Å²) < 4.78 is 13.6. The molecular weight excluding hydrogens is 424 g/mol. The van der Waals surface area contributed by atoms with Crippen LogP contribution in [0.5, 0.6) is 11.5 Å². The van der Waals surface area contributed by atoms with Gasteiger partial charge in [0.1, 0.15) is 11.5 Å². The van der Waals surface area contributed by atoms with Crippen LogP contribution in [-0.4, -0.2) is 36.1 Å². The van der Waals surface area contributed by atoms with E-state index in [1.165, 1.54) is 0 Å². The van der Waals surface area contributed by atoms with E-state index >= 15 is 0 Å². The van der Waals surface area contributed by atoms with E-state index in [-0.39, 0.29) is 11.9 Å². The Balaban J connectivity index is 1.85. The van der Waals surface area contributed by atoms with E-state index in [1.807, 2.05) is 41.3 Å². The maximum atomic E-state index is 13.6. The highest BCUT2D eigenvalue weighted by atomic mass is 16.5. The van der Waals surface area contributed by atoms with Crippen LogP contribution in [0.1, 0.15) is 47.3 Å². The molecule has 0 fully saturated rings. The summed E-state index contributed by atoms with van der Waals surface area (Å²) in [6.45, 7) is 2.87. The minimum atomic E-state index is -0.174. The van der Waals surface area contributed by atoms with Gasteiger partial charge >= 0.3 is 0 Å². The number of unbranched alkanes of at least 4 members (excludes halogenated alkanes) is 1. The van der Waals surface area contributed by atoms with E-state index in [9.17, 15) is 4.79 Å². The van der Waals surface area contributed by atoms with Crippen molar-refractivity contribution < 1.29 is 14.3 Å². The number of ether oxygens (including phenoxy) is 2. The summed E-state index contributed by atoms with van der Waals surface area (Å²) in [5.74, 6) is 1.63. The molecule has 5 nitrogen and oxygen atoms in total. The lowest BCUT2D eigenvalue weighted by Gasteiger charge is -2.27. The molecule has 0 aliphatic carbocycles. The number of aromatic nitrogens is 1. The van der Waals surface area contributed by atoms with Crippen molar-refractivity contribution in [2.75, 3.05) is 20.8 Å². The zero-order valence-corrected chi connectivity index (χ0v) is 20.2. The van der Waals surface area contributed by atoms with Gasteiger partial charge in [0.25, 0.3) is 5.91 Å². The predicted octanol–water partition coefficient (Wildman–Crippen LogP) is 6.21. The van der Waals surface area contributed by atoms with Crippen LogP contribution in [0.25, 0.3) is 22.2 Å². The number of fused-ring (bicyclic) bond motifs is 2. The van der Waals surface area contributed by atoms with E-state index in [0.717, 1.165) is 63.2 Å². The van der Waals surface area contributed by atoms with Crippen molar-refractivity contribution in [2.45, 2.75) is 25.8 Å². The van der Waals surface area contributed by atoms with Crippen molar-refractivity contribution in [1.29, 1.82) is 0 Å². The highest BCUT2D eigenvalue weighted by molar-refractivity contribution is 6.02. The first kappa shape index (κ1) is 22.1. The van der Waals surface area contributed by atoms with Gasteiger partial charge in [-0.1, -0.05) is 49.7 Å². The van der Waals surface area contributed by atoms with E-state index in [2.05, 4.69) is 48.9 Å². The van der Waals surface area contributed by atoms with Crippen LogP contribution in [0.2, 0.25) is 0 Å². The van der Waals surface area contributed by atoms with E-state index in [0.29, 0.717) is 6.54 Å². The van der Waals surface area contributed by atoms with Gasteiger partial charge in [0, 0.05) is 41.2 Å². The Morgan fingerprint density at radius 3 is 2.44 bits per heavy atom. The van der Waals surface area contributed by atoms with Crippen molar-refractivity contribution in [3.63, 3.8) is 0 Å². The lowest BCUT2D eigenvalue weighted by Crippen LogP contribution is -2.30. The van der Waals surface area contributed by atoms with Gasteiger partial charge in [-0.05, 0) is 42.3 Å². The summed E-state index contributed by atoms with van der Waals surface area (Å²) in [5, 5.41) is 1.14. The average molecular weight is 455 g/mol. The number of hydrogen-bond donors (Lipinski definition) is 0. The quantitative estimate of drug-likeness (QED) is 0.334. The number of methoxy groups -OCH3 is 2. The van der Waals surface area contributed by atoms with Crippen LogP contribution in [0.15, 0.2) is 66.7 Å². The first-order valence-corrected chi connectivity index (χ1v) is 11.8. The molecule has 1 unspecified atom stereocenters. The molecule has 4 aromatic rings. The predicted molar refractivity (Wildman–Crippen MR) is 136 cm³/mol. The standard InChI is InChI=1S/C29H30N2O3/c1-5-6-17-31-28(20-11-7-8-12-21(20)29(31)32)26-22-13-9-10-14-24(22)30(2)27(26)23-18-19(33-3)15-16-25(23)34-4/h7-16,18,28H,5-6,17H2,1-4H3. The van der Waals surface area contributed by atoms with Crippen LogP contribution in [-0.2, 0) is 7.05 Å². The molecule has 1 atom stereocenters. The second-order valence-corrected chi connectivity index (χ2v) is 8.75. The molecule has 5 rings (SSSR count). The Bertz CT molecular complexity index is 1370. The summed E-state index contributed by atoms with van der Waals surface area (Å²) >= 11 is 0. The maximum Gasteiger partial charge on any atom is 0.255 e. The minimum Gasteiger partial charge on any atom is -0.497 e. The smallest absolute Gasteiger partial charge is 0.255 e. The van der Waals surface area contributed by atoms with Crippen LogP contribution < -0.4 is 9.47 Å². The van der Waals surface area contributed by atoms with Gasteiger partial charge in [-0.2, -0.15) is 0 Å². The minimum absolute atomic E-state index is 0.102. The number of rotatable bonds is 7. The van der Waals surface area contributed by atoms with Gasteiger partial charge in [-0.15, -0.1) is 0 Å². The van der Waals surface area contributed by atoms with Gasteiger partial charge < -0.3 is 18.9 Å². The molecule has 0 saturated carbocycles. The molecular formula is C29H30N2O3. The zero-order valence-electron chi connectivity index (χ0n) is 20.2. The fraction of sp³-hybridized carbons (Fsp3) is 0.276. The Kier molecular flexibility index (Phi) is 5.78. The van der Waals surface area contributed by atoms with Gasteiger partial charge in [0.05, 0.1) is 26.0 Å². The van der Waals surface area contributed by atoms with Crippen LogP contribution in [0.3, 0.4) is 0 Å². The third-order valence-corrected chi connectivity index (χ3v) is 6.89. The molecule has 0 saturated heterocycles. The molecule has 5 heteroatoms. The van der Waals surface area contributed by atoms with Crippen molar-refractivity contribution in [3.05, 3.63) is 83.4 Å². The molecule has 174 valence electrons. The van der Waals surface area contributed by atoms with E-state index in [1.54, 1.807) is 14.2 Å². The molecule has 1 aromatic heterocycles. The second kappa shape index (κ2) is 8.90.